The molecule has 2 N–H and O–H groups in total. The van der Waals surface area contributed by atoms with Crippen molar-refractivity contribution in [2.45, 2.75) is 50.6 Å². The van der Waals surface area contributed by atoms with Gasteiger partial charge in [0.25, 0.3) is 0 Å². The second-order valence-corrected chi connectivity index (χ2v) is 9.89. The van der Waals surface area contributed by atoms with E-state index < -0.39 is 16.7 Å². The SMILES string of the molecule is C=CC[C@@H](C)[C@@H](C[C@H](O)CCO)[S-](=O)=[N+](Cc1ccc(OC)cc1)Cc1ccc(OC)cc1. The number of aliphatic hydroxyl groups excluding tert-OH is 2. The summed E-state index contributed by atoms with van der Waals surface area (Å²) in [5, 5.41) is 19.4. The van der Waals surface area contributed by atoms with E-state index in [9.17, 15) is 14.4 Å². The summed E-state index contributed by atoms with van der Waals surface area (Å²) in [6.07, 6.45) is 2.43. The lowest BCUT2D eigenvalue weighted by atomic mass is 9.98. The number of benzene rings is 2. The zero-order valence-corrected chi connectivity index (χ0v) is 20.7. The zero-order valence-electron chi connectivity index (χ0n) is 19.9. The van der Waals surface area contributed by atoms with Crippen LogP contribution in [0.5, 0.6) is 11.5 Å². The third-order valence-electron chi connectivity index (χ3n) is 5.69. The normalized spacial score (nSPS) is 13.9. The van der Waals surface area contributed by atoms with Crippen molar-refractivity contribution >= 4 is 10.6 Å². The number of hydrogen-bond donors (Lipinski definition) is 2. The number of allylic oxidation sites excluding steroid dienone is 1. The number of aliphatic hydroxyl groups is 2. The van der Waals surface area contributed by atoms with E-state index in [1.165, 1.54) is 0 Å². The average Bonchev–Trinajstić information content (AvgIpc) is 2.83. The van der Waals surface area contributed by atoms with Gasteiger partial charge in [-0.15, -0.1) is 6.58 Å². The minimum Gasteiger partial charge on any atom is -0.497 e. The molecule has 6 nitrogen and oxygen atoms in total. The molecule has 0 aliphatic heterocycles. The number of ether oxygens (including phenoxy) is 2. The lowest BCUT2D eigenvalue weighted by Crippen LogP contribution is -2.30. The number of nitrogens with zero attached hydrogens (tertiary/aromatic N) is 1. The lowest BCUT2D eigenvalue weighted by molar-refractivity contribution is -0.536. The molecule has 0 aliphatic carbocycles. The van der Waals surface area contributed by atoms with E-state index in [0.717, 1.165) is 22.6 Å². The molecule has 182 valence electrons. The van der Waals surface area contributed by atoms with Crippen LogP contribution in [0.1, 0.15) is 37.3 Å². The average molecular weight is 476 g/mol. The van der Waals surface area contributed by atoms with Crippen LogP contribution in [-0.4, -0.2) is 46.3 Å². The predicted octanol–water partition coefficient (Wildman–Crippen LogP) is 4.28. The largest absolute Gasteiger partial charge is 0.497 e. The molecule has 0 aromatic heterocycles. The summed E-state index contributed by atoms with van der Waals surface area (Å²) in [5.74, 6) is 1.60. The van der Waals surface area contributed by atoms with E-state index >= 15 is 0 Å². The van der Waals surface area contributed by atoms with Gasteiger partial charge in [0.05, 0.1) is 20.3 Å². The van der Waals surface area contributed by atoms with Crippen LogP contribution >= 0.6 is 0 Å². The monoisotopic (exact) mass is 475 g/mol. The summed E-state index contributed by atoms with van der Waals surface area (Å²) in [4.78, 5) is 0. The summed E-state index contributed by atoms with van der Waals surface area (Å²) < 4.78 is 26.4. The van der Waals surface area contributed by atoms with Crippen molar-refractivity contribution in [3.63, 3.8) is 0 Å². The Morgan fingerprint density at radius 2 is 1.48 bits per heavy atom. The summed E-state index contributed by atoms with van der Waals surface area (Å²) in [5.41, 5.74) is 2.03. The second-order valence-electron chi connectivity index (χ2n) is 8.21. The molecule has 33 heavy (non-hydrogen) atoms. The highest BCUT2D eigenvalue weighted by molar-refractivity contribution is 7.73. The van der Waals surface area contributed by atoms with Gasteiger partial charge in [0.15, 0.2) is 0 Å². The summed E-state index contributed by atoms with van der Waals surface area (Å²) in [7, 11) is 1.87. The van der Waals surface area contributed by atoms with Crippen LogP contribution in [-0.2, 0) is 27.9 Å². The van der Waals surface area contributed by atoms with Gasteiger partial charge in [0, 0.05) is 17.7 Å². The topological polar surface area (TPSA) is 79.0 Å². The maximum Gasteiger partial charge on any atom is 0.149 e. The first kappa shape index (κ1) is 26.9. The first-order valence-electron chi connectivity index (χ1n) is 11.2. The fourth-order valence-electron chi connectivity index (χ4n) is 3.71. The Labute approximate surface area is 199 Å². The first-order chi connectivity index (χ1) is 15.9. The third-order valence-corrected chi connectivity index (χ3v) is 7.63. The van der Waals surface area contributed by atoms with Gasteiger partial charge in [-0.25, -0.2) is 0 Å². The zero-order chi connectivity index (χ0) is 24.2. The van der Waals surface area contributed by atoms with Crippen LogP contribution in [0.3, 0.4) is 0 Å². The molecule has 0 saturated heterocycles. The molecule has 2 rings (SSSR count). The minimum absolute atomic E-state index is 0.0610. The Kier molecular flexibility index (Phi) is 11.4. The molecule has 7 heteroatoms. The fourth-order valence-corrected chi connectivity index (χ4v) is 5.54. The Morgan fingerprint density at radius 3 is 1.88 bits per heavy atom. The molecular weight excluding hydrogens is 438 g/mol. The van der Waals surface area contributed by atoms with Gasteiger partial charge in [-0.3, -0.25) is 0 Å². The summed E-state index contributed by atoms with van der Waals surface area (Å²) in [6.45, 7) is 6.73. The van der Waals surface area contributed by atoms with Crippen LogP contribution in [0.2, 0.25) is 0 Å². The highest BCUT2D eigenvalue weighted by atomic mass is 32.2. The lowest BCUT2D eigenvalue weighted by Gasteiger charge is -2.28. The van der Waals surface area contributed by atoms with Crippen molar-refractivity contribution in [1.29, 1.82) is 0 Å². The molecule has 0 heterocycles. The molecule has 0 bridgehead atoms. The van der Waals surface area contributed by atoms with Gasteiger partial charge in [-0.05, 0) is 89.6 Å². The van der Waals surface area contributed by atoms with Crippen LogP contribution in [0.4, 0.5) is 0 Å². The molecule has 0 unspecified atom stereocenters. The molecule has 0 amide bonds. The van der Waals surface area contributed by atoms with E-state index in [4.69, 9.17) is 9.47 Å². The van der Waals surface area contributed by atoms with E-state index in [0.29, 0.717) is 25.9 Å². The molecule has 3 atom stereocenters. The minimum atomic E-state index is -1.39. The van der Waals surface area contributed by atoms with Crippen LogP contribution in [0.25, 0.3) is 0 Å². The Morgan fingerprint density at radius 1 is 1.00 bits per heavy atom. The van der Waals surface area contributed by atoms with Crippen molar-refractivity contribution in [3.05, 3.63) is 72.3 Å². The molecule has 0 aliphatic rings. The van der Waals surface area contributed by atoms with Gasteiger partial charge in [0.2, 0.25) is 0 Å². The maximum absolute atomic E-state index is 13.9. The third kappa shape index (κ3) is 8.50. The predicted molar refractivity (Wildman–Crippen MR) is 132 cm³/mol. The number of hydrogen-bond acceptors (Lipinski definition) is 6. The molecule has 0 fully saturated rings. The van der Waals surface area contributed by atoms with Crippen LogP contribution < -0.4 is 9.47 Å². The molecule has 0 spiro atoms. The summed E-state index contributed by atoms with van der Waals surface area (Å²) >= 11 is 0. The van der Waals surface area contributed by atoms with Gasteiger partial charge in [-0.1, -0.05) is 13.0 Å². The van der Waals surface area contributed by atoms with Crippen LogP contribution in [0, 0.1) is 5.92 Å². The molecule has 0 radical (unpaired) electrons. The smallest absolute Gasteiger partial charge is 0.149 e. The standard InChI is InChI=1S/C26H37NO5S/c1-5-6-20(2)26(17-23(29)15-16-28)33(30)27(18-21-7-11-24(31-3)12-8-21)19-22-9-13-25(32-4)14-10-22/h5,7-14,20,23,26,28-29H,1,6,15-19H2,2-4H3/t20-,23-,26-/m1/s1. The van der Waals surface area contributed by atoms with E-state index in [2.05, 4.69) is 6.58 Å². The van der Waals surface area contributed by atoms with Gasteiger partial charge >= 0.3 is 0 Å². The second kappa shape index (κ2) is 14.0. The van der Waals surface area contributed by atoms with E-state index in [1.807, 2.05) is 65.5 Å². The first-order valence-corrected chi connectivity index (χ1v) is 12.4. The highest BCUT2D eigenvalue weighted by Gasteiger charge is 2.20. The molecule has 2 aromatic carbocycles. The van der Waals surface area contributed by atoms with E-state index in [1.54, 1.807) is 14.2 Å². The maximum atomic E-state index is 13.9. The van der Waals surface area contributed by atoms with Gasteiger partial charge < -0.3 is 27.8 Å². The van der Waals surface area contributed by atoms with E-state index in [-0.39, 0.29) is 24.2 Å². The molecule has 2 aromatic rings. The van der Waals surface area contributed by atoms with Crippen molar-refractivity contribution < 1.29 is 27.8 Å². The van der Waals surface area contributed by atoms with Gasteiger partial charge in [-0.2, -0.15) is 0 Å². The Hall–Kier alpha value is -2.35. The Bertz CT molecular complexity index is 885. The van der Waals surface area contributed by atoms with Crippen molar-refractivity contribution in [2.75, 3.05) is 20.8 Å². The highest BCUT2D eigenvalue weighted by Crippen LogP contribution is 2.22. The molecule has 0 saturated carbocycles. The number of rotatable bonds is 14. The quantitative estimate of drug-likeness (QED) is 0.242. The Balaban J connectivity index is 2.45. The van der Waals surface area contributed by atoms with Crippen molar-refractivity contribution in [2.24, 2.45) is 5.92 Å². The van der Waals surface area contributed by atoms with Crippen molar-refractivity contribution in [3.8, 4) is 11.5 Å². The number of methoxy groups -OCH3 is 2. The van der Waals surface area contributed by atoms with Crippen LogP contribution in [0.15, 0.2) is 61.2 Å². The van der Waals surface area contributed by atoms with Gasteiger partial charge in [0.1, 0.15) is 24.6 Å². The fraction of sp³-hybridized carbons (Fsp3) is 0.462. The molecular formula is C26H37NO5S. The van der Waals surface area contributed by atoms with Crippen molar-refractivity contribution in [1.82, 2.24) is 0 Å². The summed E-state index contributed by atoms with van der Waals surface area (Å²) in [6, 6.07) is 15.5.